The van der Waals surface area contributed by atoms with Gasteiger partial charge in [0.25, 0.3) is 0 Å². The average Bonchev–Trinajstić information content (AvgIpc) is 2.55. The highest BCUT2D eigenvalue weighted by atomic mass is 16.4. The lowest BCUT2D eigenvalue weighted by Crippen LogP contribution is -2.55. The Morgan fingerprint density at radius 2 is 1.85 bits per heavy atom. The Kier molecular flexibility index (Phi) is 7.36. The number of likely N-dealkylation sites (N-methyl/N-ethyl adjacent to an activating group) is 1. The fourth-order valence-corrected chi connectivity index (χ4v) is 3.44. The van der Waals surface area contributed by atoms with Crippen molar-refractivity contribution in [1.82, 2.24) is 15.5 Å². The first-order valence-electron chi connectivity index (χ1n) is 9.37. The molecule has 0 heterocycles. The predicted octanol–water partition coefficient (Wildman–Crippen LogP) is 1.62. The summed E-state index contributed by atoms with van der Waals surface area (Å²) in [6, 6.07) is 7.65. The lowest BCUT2D eigenvalue weighted by atomic mass is 9.85. The molecular formula is C20H29N3O4. The van der Waals surface area contributed by atoms with E-state index in [9.17, 15) is 14.4 Å². The Morgan fingerprint density at radius 3 is 2.37 bits per heavy atom. The van der Waals surface area contributed by atoms with Crippen LogP contribution in [0.25, 0.3) is 0 Å². The molecule has 3 N–H and O–H groups in total. The van der Waals surface area contributed by atoms with E-state index in [1.54, 1.807) is 0 Å². The van der Waals surface area contributed by atoms with Crippen molar-refractivity contribution >= 4 is 17.8 Å². The first-order chi connectivity index (χ1) is 12.8. The molecule has 0 radical (unpaired) electrons. The number of aryl methyl sites for hydroxylation is 1. The van der Waals surface area contributed by atoms with Crippen molar-refractivity contribution in [3.05, 3.63) is 35.4 Å². The summed E-state index contributed by atoms with van der Waals surface area (Å²) in [4.78, 5) is 36.7. The van der Waals surface area contributed by atoms with E-state index in [0.717, 1.165) is 24.0 Å². The summed E-state index contributed by atoms with van der Waals surface area (Å²) < 4.78 is 0. The highest BCUT2D eigenvalue weighted by molar-refractivity contribution is 5.79. The van der Waals surface area contributed by atoms with Crippen LogP contribution in [0, 0.1) is 6.92 Å². The molecule has 7 heteroatoms. The molecule has 27 heavy (non-hydrogen) atoms. The second kappa shape index (κ2) is 9.50. The second-order valence-electron chi connectivity index (χ2n) is 7.21. The van der Waals surface area contributed by atoms with Gasteiger partial charge in [-0.15, -0.1) is 0 Å². The Labute approximate surface area is 160 Å². The maximum atomic E-state index is 12.4. The van der Waals surface area contributed by atoms with Crippen molar-refractivity contribution in [3.8, 4) is 0 Å². The molecule has 148 valence electrons. The fraction of sp³-hybridized carbons (Fsp3) is 0.550. The number of nitrogens with one attached hydrogen (secondary N) is 2. The maximum absolute atomic E-state index is 12.4. The van der Waals surface area contributed by atoms with Gasteiger partial charge in [0.05, 0.1) is 19.0 Å². The van der Waals surface area contributed by atoms with Gasteiger partial charge in [0, 0.05) is 19.0 Å². The Hall–Kier alpha value is -2.41. The van der Waals surface area contributed by atoms with Gasteiger partial charge in [0.1, 0.15) is 0 Å². The number of carbonyl (C=O) groups excluding carboxylic acids is 2. The van der Waals surface area contributed by atoms with Gasteiger partial charge in [-0.25, -0.2) is 0 Å². The third kappa shape index (κ3) is 6.36. The predicted molar refractivity (Wildman–Crippen MR) is 102 cm³/mol. The van der Waals surface area contributed by atoms with Gasteiger partial charge in [-0.1, -0.05) is 36.8 Å². The number of rotatable bonds is 9. The van der Waals surface area contributed by atoms with Crippen LogP contribution in [0.5, 0.6) is 0 Å². The zero-order valence-corrected chi connectivity index (χ0v) is 16.2. The first-order valence-corrected chi connectivity index (χ1v) is 9.37. The van der Waals surface area contributed by atoms with Gasteiger partial charge in [-0.2, -0.15) is 0 Å². The quantitative estimate of drug-likeness (QED) is 0.609. The van der Waals surface area contributed by atoms with Crippen LogP contribution in [0.1, 0.15) is 50.3 Å². The average molecular weight is 375 g/mol. The molecule has 1 atom stereocenters. The van der Waals surface area contributed by atoms with Crippen LogP contribution in [0.15, 0.2) is 24.3 Å². The summed E-state index contributed by atoms with van der Waals surface area (Å²) >= 11 is 0. The maximum Gasteiger partial charge on any atom is 0.317 e. The molecule has 0 saturated heterocycles. The van der Waals surface area contributed by atoms with E-state index in [1.807, 2.05) is 43.0 Å². The van der Waals surface area contributed by atoms with Crippen molar-refractivity contribution < 1.29 is 19.5 Å². The highest BCUT2D eigenvalue weighted by Gasteiger charge is 2.34. The molecule has 7 nitrogen and oxygen atoms in total. The van der Waals surface area contributed by atoms with Crippen molar-refractivity contribution in [1.29, 1.82) is 0 Å². The summed E-state index contributed by atoms with van der Waals surface area (Å²) in [5, 5.41) is 14.8. The summed E-state index contributed by atoms with van der Waals surface area (Å²) in [5.41, 5.74) is 2.02. The van der Waals surface area contributed by atoms with Crippen molar-refractivity contribution in [2.75, 3.05) is 13.1 Å². The van der Waals surface area contributed by atoms with E-state index in [2.05, 4.69) is 10.6 Å². The molecule has 0 aromatic heterocycles. The first kappa shape index (κ1) is 20.9. The molecule has 1 saturated carbocycles. The molecule has 2 amide bonds. The number of nitrogens with zero attached hydrogens (tertiary/aromatic N) is 1. The van der Waals surface area contributed by atoms with E-state index in [-0.39, 0.29) is 42.9 Å². The van der Waals surface area contributed by atoms with E-state index in [4.69, 9.17) is 5.11 Å². The van der Waals surface area contributed by atoms with Crippen molar-refractivity contribution in [2.45, 2.75) is 58.2 Å². The van der Waals surface area contributed by atoms with Crippen molar-refractivity contribution in [2.24, 2.45) is 0 Å². The van der Waals surface area contributed by atoms with Crippen molar-refractivity contribution in [3.63, 3.8) is 0 Å². The molecule has 1 aliphatic rings. The van der Waals surface area contributed by atoms with E-state index in [1.165, 1.54) is 6.92 Å². The van der Waals surface area contributed by atoms with Crippen LogP contribution < -0.4 is 10.6 Å². The zero-order valence-electron chi connectivity index (χ0n) is 16.2. The Balaban J connectivity index is 1.87. The molecule has 1 aromatic rings. The number of carbonyl (C=O) groups is 3. The zero-order chi connectivity index (χ0) is 20.0. The smallest absolute Gasteiger partial charge is 0.317 e. The van der Waals surface area contributed by atoms with Gasteiger partial charge >= 0.3 is 5.97 Å². The van der Waals surface area contributed by atoms with Crippen LogP contribution in [-0.4, -0.2) is 53.0 Å². The fourth-order valence-electron chi connectivity index (χ4n) is 3.44. The topological polar surface area (TPSA) is 98.7 Å². The molecule has 1 aliphatic carbocycles. The summed E-state index contributed by atoms with van der Waals surface area (Å²) in [6.07, 6.45) is 1.68. The molecule has 1 fully saturated rings. The van der Waals surface area contributed by atoms with Crippen LogP contribution in [0.3, 0.4) is 0 Å². The van der Waals surface area contributed by atoms with Crippen LogP contribution in [0.4, 0.5) is 0 Å². The Morgan fingerprint density at radius 1 is 1.22 bits per heavy atom. The minimum Gasteiger partial charge on any atom is -0.480 e. The standard InChI is InChI=1S/C20H29N3O4/c1-4-23(12-20(26)27)17-9-16(10-17)22-19(25)11-18(21-14(3)24)15-7-5-13(2)6-8-15/h5-8,16-18H,4,9-12H2,1-3H3,(H,21,24)(H,22,25)(H,26,27). The molecule has 0 aliphatic heterocycles. The van der Waals surface area contributed by atoms with Gasteiger partial charge < -0.3 is 15.7 Å². The van der Waals surface area contributed by atoms with E-state index >= 15 is 0 Å². The molecule has 1 aromatic carbocycles. The summed E-state index contributed by atoms with van der Waals surface area (Å²) in [7, 11) is 0. The molecular weight excluding hydrogens is 346 g/mol. The molecule has 0 bridgehead atoms. The number of aliphatic carboxylic acids is 1. The SMILES string of the molecule is CCN(CC(=O)O)C1CC(NC(=O)CC(NC(C)=O)c2ccc(C)cc2)C1. The van der Waals surface area contributed by atoms with Crippen LogP contribution in [0.2, 0.25) is 0 Å². The summed E-state index contributed by atoms with van der Waals surface area (Å²) in [6.45, 7) is 6.07. The minimum absolute atomic E-state index is 0.0276. The number of carboxylic acid groups (broad SMARTS) is 1. The lowest BCUT2D eigenvalue weighted by molar-refractivity contribution is -0.140. The number of hydrogen-bond acceptors (Lipinski definition) is 4. The number of benzene rings is 1. The van der Waals surface area contributed by atoms with E-state index in [0.29, 0.717) is 6.54 Å². The largest absolute Gasteiger partial charge is 0.480 e. The third-order valence-electron chi connectivity index (χ3n) is 4.99. The number of carboxylic acids is 1. The van der Waals surface area contributed by atoms with Crippen LogP contribution in [-0.2, 0) is 14.4 Å². The molecule has 1 unspecified atom stereocenters. The van der Waals surface area contributed by atoms with Gasteiger partial charge in [-0.3, -0.25) is 19.3 Å². The normalized spacial score (nSPS) is 19.9. The number of hydrogen-bond donors (Lipinski definition) is 3. The lowest BCUT2D eigenvalue weighted by Gasteiger charge is -2.42. The molecule has 0 spiro atoms. The van der Waals surface area contributed by atoms with Crippen LogP contribution >= 0.6 is 0 Å². The minimum atomic E-state index is -0.833. The van der Waals surface area contributed by atoms with Gasteiger partial charge in [0.15, 0.2) is 0 Å². The third-order valence-corrected chi connectivity index (χ3v) is 4.99. The van der Waals surface area contributed by atoms with Gasteiger partial charge in [-0.05, 0) is 31.9 Å². The highest BCUT2D eigenvalue weighted by Crippen LogP contribution is 2.26. The van der Waals surface area contributed by atoms with Gasteiger partial charge in [0.2, 0.25) is 11.8 Å². The Bertz CT molecular complexity index is 668. The second-order valence-corrected chi connectivity index (χ2v) is 7.21. The molecule has 2 rings (SSSR count). The monoisotopic (exact) mass is 375 g/mol. The van der Waals surface area contributed by atoms with E-state index < -0.39 is 5.97 Å². The number of amides is 2. The summed E-state index contributed by atoms with van der Waals surface area (Å²) in [5.74, 6) is -1.12.